The van der Waals surface area contributed by atoms with Gasteiger partial charge < -0.3 is 9.97 Å². The average molecular weight is 313 g/mol. The molecule has 0 atom stereocenters. The minimum absolute atomic E-state index is 1.12. The van der Waals surface area contributed by atoms with E-state index >= 15 is 0 Å². The molecule has 94 valence electrons. The normalized spacial score (nSPS) is 10.4. The molecule has 0 amide bonds. The number of para-hydroxylation sites is 1. The van der Waals surface area contributed by atoms with Crippen molar-refractivity contribution in [3.8, 4) is 0 Å². The molecule has 0 unspecified atom stereocenters. The molecule has 0 radical (unpaired) electrons. The molecule has 3 heteroatoms. The Morgan fingerprint density at radius 1 is 0.684 bits per heavy atom. The van der Waals surface area contributed by atoms with Crippen LogP contribution < -0.4 is 0 Å². The Hall–Kier alpha value is -2.00. The molecule has 2 aromatic heterocycles. The summed E-state index contributed by atoms with van der Waals surface area (Å²) in [5.74, 6) is 0. The van der Waals surface area contributed by atoms with Crippen LogP contribution in [0.25, 0.3) is 21.8 Å². The number of rotatable bonds is 0. The lowest BCUT2D eigenvalue weighted by Crippen LogP contribution is -1.65. The second-order valence-corrected chi connectivity index (χ2v) is 5.19. The van der Waals surface area contributed by atoms with Crippen LogP contribution in [0.15, 0.2) is 71.5 Å². The first-order valence-corrected chi connectivity index (χ1v) is 6.87. The molecule has 0 fully saturated rings. The van der Waals surface area contributed by atoms with Crippen molar-refractivity contribution in [2.75, 3.05) is 0 Å². The Bertz CT molecular complexity index is 768. The van der Waals surface area contributed by atoms with Gasteiger partial charge in [0.25, 0.3) is 0 Å². The summed E-state index contributed by atoms with van der Waals surface area (Å²) in [6.45, 7) is 0. The van der Waals surface area contributed by atoms with Gasteiger partial charge in [0.05, 0.1) is 0 Å². The Balaban J connectivity index is 0.000000117. The zero-order valence-corrected chi connectivity index (χ0v) is 11.8. The molecule has 4 aromatic rings. The van der Waals surface area contributed by atoms with Crippen LogP contribution in [0.2, 0.25) is 0 Å². The zero-order valence-electron chi connectivity index (χ0n) is 10.2. The summed E-state index contributed by atoms with van der Waals surface area (Å²) in [5, 5.41) is 2.52. The smallest absolute Gasteiger partial charge is 0.0454 e. The van der Waals surface area contributed by atoms with Gasteiger partial charge >= 0.3 is 0 Å². The molecule has 2 aromatic carbocycles. The molecule has 2 heterocycles. The van der Waals surface area contributed by atoms with Gasteiger partial charge in [-0.3, -0.25) is 0 Å². The number of halogens is 1. The van der Waals surface area contributed by atoms with E-state index in [2.05, 4.69) is 62.3 Å². The summed E-state index contributed by atoms with van der Waals surface area (Å²) in [6.07, 6.45) is 3.89. The van der Waals surface area contributed by atoms with Crippen LogP contribution in [0.4, 0.5) is 0 Å². The zero-order chi connectivity index (χ0) is 13.1. The summed E-state index contributed by atoms with van der Waals surface area (Å²) in [4.78, 5) is 6.25. The molecule has 0 spiro atoms. The standard InChI is InChI=1S/C8H6BrN.C8H7N/c9-7-1-2-8-6(5-7)3-4-10-8;1-2-4-8-7(3-1)5-6-9-8/h1-5,10H;1-6,9H. The highest BCUT2D eigenvalue weighted by Gasteiger charge is 1.92. The Kier molecular flexibility index (Phi) is 3.38. The lowest BCUT2D eigenvalue weighted by Gasteiger charge is -1.88. The SMILES string of the molecule is Brc1ccc2[nH]ccc2c1.c1ccc2[nH]ccc2c1. The van der Waals surface area contributed by atoms with Crippen molar-refractivity contribution < 1.29 is 0 Å². The van der Waals surface area contributed by atoms with Crippen molar-refractivity contribution in [3.63, 3.8) is 0 Å². The van der Waals surface area contributed by atoms with Crippen molar-refractivity contribution in [2.45, 2.75) is 0 Å². The van der Waals surface area contributed by atoms with Gasteiger partial charge in [0.1, 0.15) is 0 Å². The predicted octanol–water partition coefficient (Wildman–Crippen LogP) is 5.10. The molecule has 2 nitrogen and oxygen atoms in total. The maximum Gasteiger partial charge on any atom is 0.0454 e. The van der Waals surface area contributed by atoms with Crippen LogP contribution in [-0.2, 0) is 0 Å². The summed E-state index contributed by atoms with van der Waals surface area (Å²) >= 11 is 3.40. The highest BCUT2D eigenvalue weighted by atomic mass is 79.9. The van der Waals surface area contributed by atoms with Crippen LogP contribution in [0, 0.1) is 0 Å². The van der Waals surface area contributed by atoms with Gasteiger partial charge in [0.2, 0.25) is 0 Å². The average Bonchev–Trinajstić information content (AvgIpc) is 3.07. The molecule has 0 aliphatic heterocycles. The topological polar surface area (TPSA) is 31.6 Å². The largest absolute Gasteiger partial charge is 0.361 e. The first-order chi connectivity index (χ1) is 9.33. The second kappa shape index (κ2) is 5.33. The fourth-order valence-corrected chi connectivity index (χ4v) is 2.40. The first kappa shape index (κ1) is 12.1. The predicted molar refractivity (Wildman–Crippen MR) is 84.3 cm³/mol. The third-order valence-corrected chi connectivity index (χ3v) is 3.47. The molecule has 4 rings (SSSR count). The van der Waals surface area contributed by atoms with Gasteiger partial charge in [-0.15, -0.1) is 0 Å². The van der Waals surface area contributed by atoms with Gasteiger partial charge in [-0.25, -0.2) is 0 Å². The monoisotopic (exact) mass is 312 g/mol. The van der Waals surface area contributed by atoms with Crippen molar-refractivity contribution in [3.05, 3.63) is 71.5 Å². The fourth-order valence-electron chi connectivity index (χ4n) is 2.02. The molecule has 2 N–H and O–H groups in total. The maximum absolute atomic E-state index is 3.40. The molecule has 0 saturated carbocycles. The molecule has 0 aliphatic carbocycles. The van der Waals surface area contributed by atoms with E-state index in [1.165, 1.54) is 21.8 Å². The molecule has 0 saturated heterocycles. The third-order valence-electron chi connectivity index (χ3n) is 2.98. The number of aromatic amines is 2. The van der Waals surface area contributed by atoms with E-state index in [0.29, 0.717) is 0 Å². The van der Waals surface area contributed by atoms with Gasteiger partial charge in [-0.2, -0.15) is 0 Å². The highest BCUT2D eigenvalue weighted by Crippen LogP contribution is 2.17. The van der Waals surface area contributed by atoms with Crippen LogP contribution in [-0.4, -0.2) is 9.97 Å². The van der Waals surface area contributed by atoms with E-state index in [1.54, 1.807) is 0 Å². The van der Waals surface area contributed by atoms with Crippen LogP contribution in [0.3, 0.4) is 0 Å². The minimum atomic E-state index is 1.12. The fraction of sp³-hybridized carbons (Fsp3) is 0. The summed E-state index contributed by atoms with van der Waals surface area (Å²) in [6, 6.07) is 18.5. The number of H-pyrrole nitrogens is 2. The lowest BCUT2D eigenvalue weighted by atomic mass is 10.3. The maximum atomic E-state index is 3.40. The van der Waals surface area contributed by atoms with E-state index in [-0.39, 0.29) is 0 Å². The van der Waals surface area contributed by atoms with E-state index in [1.807, 2.05) is 30.6 Å². The highest BCUT2D eigenvalue weighted by molar-refractivity contribution is 9.10. The van der Waals surface area contributed by atoms with E-state index in [4.69, 9.17) is 0 Å². The number of aromatic nitrogens is 2. The van der Waals surface area contributed by atoms with E-state index < -0.39 is 0 Å². The second-order valence-electron chi connectivity index (χ2n) is 4.27. The molecular weight excluding hydrogens is 300 g/mol. The van der Waals surface area contributed by atoms with Crippen molar-refractivity contribution in [1.82, 2.24) is 9.97 Å². The van der Waals surface area contributed by atoms with Gasteiger partial charge in [0.15, 0.2) is 0 Å². The van der Waals surface area contributed by atoms with Crippen LogP contribution in [0.1, 0.15) is 0 Å². The Labute approximate surface area is 119 Å². The van der Waals surface area contributed by atoms with Crippen molar-refractivity contribution in [1.29, 1.82) is 0 Å². The summed E-state index contributed by atoms with van der Waals surface area (Å²) in [7, 11) is 0. The number of fused-ring (bicyclic) bond motifs is 2. The quantitative estimate of drug-likeness (QED) is 0.453. The number of hydrogen-bond acceptors (Lipinski definition) is 0. The van der Waals surface area contributed by atoms with Gasteiger partial charge in [-0.05, 0) is 41.8 Å². The minimum Gasteiger partial charge on any atom is -0.361 e. The third kappa shape index (κ3) is 2.71. The van der Waals surface area contributed by atoms with E-state index in [0.717, 1.165) is 4.47 Å². The number of benzene rings is 2. The van der Waals surface area contributed by atoms with Crippen molar-refractivity contribution in [2.24, 2.45) is 0 Å². The van der Waals surface area contributed by atoms with Gasteiger partial charge in [-0.1, -0.05) is 34.1 Å². The lowest BCUT2D eigenvalue weighted by molar-refractivity contribution is 1.48. The molecule has 19 heavy (non-hydrogen) atoms. The van der Waals surface area contributed by atoms with Gasteiger partial charge in [0, 0.05) is 33.3 Å². The molecule has 0 aliphatic rings. The van der Waals surface area contributed by atoms with Crippen LogP contribution in [0.5, 0.6) is 0 Å². The van der Waals surface area contributed by atoms with Crippen LogP contribution >= 0.6 is 15.9 Å². The van der Waals surface area contributed by atoms with Crippen molar-refractivity contribution >= 4 is 37.7 Å². The summed E-state index contributed by atoms with van der Waals surface area (Å²) in [5.41, 5.74) is 2.39. The Morgan fingerprint density at radius 2 is 1.37 bits per heavy atom. The molecular formula is C16H13BrN2. The first-order valence-electron chi connectivity index (χ1n) is 6.08. The molecule has 0 bridgehead atoms. The summed E-state index contributed by atoms with van der Waals surface area (Å²) < 4.78 is 1.12. The Morgan fingerprint density at radius 3 is 2.16 bits per heavy atom. The number of hydrogen-bond donors (Lipinski definition) is 2. The van der Waals surface area contributed by atoms with E-state index in [9.17, 15) is 0 Å². The number of nitrogens with one attached hydrogen (secondary N) is 2.